The van der Waals surface area contributed by atoms with Gasteiger partial charge in [0.15, 0.2) is 0 Å². The van der Waals surface area contributed by atoms with Crippen LogP contribution in [0, 0.1) is 6.92 Å². The van der Waals surface area contributed by atoms with Gasteiger partial charge in [0.1, 0.15) is 11.5 Å². The highest BCUT2D eigenvalue weighted by molar-refractivity contribution is 6.30. The Bertz CT molecular complexity index is 732. The molecule has 0 aromatic heterocycles. The zero-order chi connectivity index (χ0) is 17.4. The summed E-state index contributed by atoms with van der Waals surface area (Å²) >= 11 is 5.88. The van der Waals surface area contributed by atoms with Crippen LogP contribution in [-0.4, -0.2) is 23.8 Å². The van der Waals surface area contributed by atoms with Gasteiger partial charge in [0.05, 0.1) is 12.8 Å². The second-order valence-corrected chi connectivity index (χ2v) is 5.65. The summed E-state index contributed by atoms with van der Waals surface area (Å²) in [7, 11) is 0. The van der Waals surface area contributed by atoms with Crippen molar-refractivity contribution in [2.45, 2.75) is 19.8 Å². The number of halogens is 1. The third kappa shape index (κ3) is 5.59. The first kappa shape index (κ1) is 17.8. The first-order valence-electron chi connectivity index (χ1n) is 7.55. The molecule has 0 heterocycles. The number of carbonyl (C=O) groups excluding carboxylic acids is 1. The number of benzene rings is 2. The van der Waals surface area contributed by atoms with Crippen LogP contribution >= 0.6 is 11.6 Å². The molecule has 5 nitrogen and oxygen atoms in total. The van der Waals surface area contributed by atoms with Gasteiger partial charge in [0.2, 0.25) is 5.91 Å². The zero-order valence-electron chi connectivity index (χ0n) is 13.3. The minimum atomic E-state index is -0.210. The SMILES string of the molecule is Cc1cc(Cl)ccc1OCCCC(=O)NN=Cc1ccccc1O. The first-order valence-corrected chi connectivity index (χ1v) is 7.93. The van der Waals surface area contributed by atoms with Crippen molar-refractivity contribution in [2.24, 2.45) is 5.10 Å². The molecule has 1 amide bonds. The summed E-state index contributed by atoms with van der Waals surface area (Å²) in [5.74, 6) is 0.665. The number of rotatable bonds is 7. The van der Waals surface area contributed by atoms with Gasteiger partial charge in [-0.25, -0.2) is 5.43 Å². The minimum absolute atomic E-state index is 0.113. The fraction of sp³-hybridized carbons (Fsp3) is 0.222. The van der Waals surface area contributed by atoms with E-state index in [1.54, 1.807) is 30.3 Å². The molecular formula is C18H19ClN2O3. The van der Waals surface area contributed by atoms with Gasteiger partial charge in [-0.15, -0.1) is 0 Å². The number of phenolic OH excluding ortho intramolecular Hbond substituents is 1. The Hall–Kier alpha value is -2.53. The maximum Gasteiger partial charge on any atom is 0.240 e. The maximum atomic E-state index is 11.7. The highest BCUT2D eigenvalue weighted by Crippen LogP contribution is 2.21. The van der Waals surface area contributed by atoms with E-state index in [-0.39, 0.29) is 11.7 Å². The quantitative estimate of drug-likeness (QED) is 0.456. The van der Waals surface area contributed by atoms with Crippen LogP contribution in [0.5, 0.6) is 11.5 Å². The van der Waals surface area contributed by atoms with E-state index in [1.165, 1.54) is 6.21 Å². The van der Waals surface area contributed by atoms with Crippen LogP contribution < -0.4 is 10.2 Å². The molecule has 0 saturated heterocycles. The van der Waals surface area contributed by atoms with Gasteiger partial charge in [-0.1, -0.05) is 23.7 Å². The van der Waals surface area contributed by atoms with Crippen LogP contribution in [0.1, 0.15) is 24.0 Å². The van der Waals surface area contributed by atoms with E-state index >= 15 is 0 Å². The largest absolute Gasteiger partial charge is 0.507 e. The number of nitrogens with one attached hydrogen (secondary N) is 1. The molecular weight excluding hydrogens is 328 g/mol. The third-order valence-electron chi connectivity index (χ3n) is 3.27. The summed E-state index contributed by atoms with van der Waals surface area (Å²) in [5, 5.41) is 14.1. The maximum absolute atomic E-state index is 11.7. The number of hydrogen-bond donors (Lipinski definition) is 2. The molecule has 0 fully saturated rings. The molecule has 0 spiro atoms. The number of carbonyl (C=O) groups is 1. The standard InChI is InChI=1S/C18H19ClN2O3/c1-13-11-15(19)8-9-17(13)24-10-4-7-18(23)21-20-12-14-5-2-3-6-16(14)22/h2-3,5-6,8-9,11-12,22H,4,7,10H2,1H3,(H,21,23). The molecule has 0 atom stereocenters. The number of aryl methyl sites for hydroxylation is 1. The smallest absolute Gasteiger partial charge is 0.240 e. The summed E-state index contributed by atoms with van der Waals surface area (Å²) in [6, 6.07) is 12.2. The number of hydrogen-bond acceptors (Lipinski definition) is 4. The van der Waals surface area contributed by atoms with Gasteiger partial charge in [0, 0.05) is 17.0 Å². The lowest BCUT2D eigenvalue weighted by molar-refractivity contribution is -0.121. The van der Waals surface area contributed by atoms with Gasteiger partial charge in [-0.05, 0) is 49.2 Å². The molecule has 0 saturated carbocycles. The molecule has 2 aromatic rings. The van der Waals surface area contributed by atoms with Gasteiger partial charge in [-0.2, -0.15) is 5.10 Å². The summed E-state index contributed by atoms with van der Waals surface area (Å²) < 4.78 is 5.62. The van der Waals surface area contributed by atoms with E-state index in [0.29, 0.717) is 30.0 Å². The van der Waals surface area contributed by atoms with Crippen LogP contribution in [0.3, 0.4) is 0 Å². The molecule has 2 N–H and O–H groups in total. The number of ether oxygens (including phenoxy) is 1. The number of aromatic hydroxyl groups is 1. The van der Waals surface area contributed by atoms with Crippen molar-refractivity contribution in [2.75, 3.05) is 6.61 Å². The molecule has 6 heteroatoms. The van der Waals surface area contributed by atoms with E-state index < -0.39 is 0 Å². The Kier molecular flexibility index (Phi) is 6.63. The third-order valence-corrected chi connectivity index (χ3v) is 3.51. The highest BCUT2D eigenvalue weighted by Gasteiger charge is 2.03. The van der Waals surface area contributed by atoms with Gasteiger partial charge in [-0.3, -0.25) is 4.79 Å². The van der Waals surface area contributed by atoms with Crippen molar-refractivity contribution in [1.82, 2.24) is 5.43 Å². The molecule has 0 bridgehead atoms. The second kappa shape index (κ2) is 8.93. The molecule has 0 unspecified atom stereocenters. The number of amides is 1. The van der Waals surface area contributed by atoms with Crippen molar-refractivity contribution in [3.8, 4) is 11.5 Å². The number of hydrazone groups is 1. The molecule has 24 heavy (non-hydrogen) atoms. The Balaban J connectivity index is 1.69. The molecule has 2 aromatic carbocycles. The average molecular weight is 347 g/mol. The molecule has 126 valence electrons. The van der Waals surface area contributed by atoms with Crippen molar-refractivity contribution >= 4 is 23.7 Å². The van der Waals surface area contributed by atoms with Crippen molar-refractivity contribution in [3.05, 3.63) is 58.6 Å². The van der Waals surface area contributed by atoms with Crippen molar-refractivity contribution < 1.29 is 14.6 Å². The predicted molar refractivity (Wildman–Crippen MR) is 94.8 cm³/mol. The van der Waals surface area contributed by atoms with E-state index in [2.05, 4.69) is 10.5 Å². The lowest BCUT2D eigenvalue weighted by atomic mass is 10.2. The normalized spacial score (nSPS) is 10.8. The van der Waals surface area contributed by atoms with E-state index in [9.17, 15) is 9.90 Å². The van der Waals surface area contributed by atoms with E-state index in [4.69, 9.17) is 16.3 Å². The van der Waals surface area contributed by atoms with Crippen LogP contribution in [0.15, 0.2) is 47.6 Å². The predicted octanol–water partition coefficient (Wildman–Crippen LogP) is 3.66. The summed E-state index contributed by atoms with van der Waals surface area (Å²) in [6.07, 6.45) is 2.27. The van der Waals surface area contributed by atoms with Crippen LogP contribution in [0.4, 0.5) is 0 Å². The minimum Gasteiger partial charge on any atom is -0.507 e. The number of nitrogens with zero attached hydrogens (tertiary/aromatic N) is 1. The fourth-order valence-electron chi connectivity index (χ4n) is 2.02. The van der Waals surface area contributed by atoms with Gasteiger partial charge in [0.25, 0.3) is 0 Å². The lowest BCUT2D eigenvalue weighted by Crippen LogP contribution is -2.18. The van der Waals surface area contributed by atoms with Gasteiger partial charge < -0.3 is 9.84 Å². The van der Waals surface area contributed by atoms with Crippen LogP contribution in [-0.2, 0) is 4.79 Å². The Labute approximate surface area is 145 Å². The Morgan fingerprint density at radius 1 is 1.33 bits per heavy atom. The molecule has 0 radical (unpaired) electrons. The van der Waals surface area contributed by atoms with E-state index in [0.717, 1.165) is 11.3 Å². The van der Waals surface area contributed by atoms with Crippen LogP contribution in [0.25, 0.3) is 0 Å². The molecule has 0 aliphatic rings. The first-order chi connectivity index (χ1) is 11.6. The Morgan fingerprint density at radius 2 is 2.12 bits per heavy atom. The molecule has 0 aliphatic heterocycles. The summed E-state index contributed by atoms with van der Waals surface area (Å²) in [4.78, 5) is 11.7. The summed E-state index contributed by atoms with van der Waals surface area (Å²) in [6.45, 7) is 2.35. The fourth-order valence-corrected chi connectivity index (χ4v) is 2.24. The van der Waals surface area contributed by atoms with Crippen LogP contribution in [0.2, 0.25) is 5.02 Å². The highest BCUT2D eigenvalue weighted by atomic mass is 35.5. The Morgan fingerprint density at radius 3 is 2.88 bits per heavy atom. The summed E-state index contributed by atoms with van der Waals surface area (Å²) in [5.41, 5.74) is 3.92. The van der Waals surface area contributed by atoms with Gasteiger partial charge >= 0.3 is 0 Å². The average Bonchev–Trinajstić information content (AvgIpc) is 2.55. The zero-order valence-corrected chi connectivity index (χ0v) is 14.1. The van der Waals surface area contributed by atoms with Crippen molar-refractivity contribution in [3.63, 3.8) is 0 Å². The second-order valence-electron chi connectivity index (χ2n) is 5.21. The molecule has 0 aliphatic carbocycles. The topological polar surface area (TPSA) is 70.9 Å². The van der Waals surface area contributed by atoms with E-state index in [1.807, 2.05) is 19.1 Å². The monoisotopic (exact) mass is 346 g/mol. The lowest BCUT2D eigenvalue weighted by Gasteiger charge is -2.08. The number of para-hydroxylation sites is 1. The molecule has 2 rings (SSSR count). The van der Waals surface area contributed by atoms with Crippen molar-refractivity contribution in [1.29, 1.82) is 0 Å². The number of phenols is 1.